The summed E-state index contributed by atoms with van der Waals surface area (Å²) in [6, 6.07) is 18.2. The van der Waals surface area contributed by atoms with Crippen molar-refractivity contribution in [1.82, 2.24) is 83.3 Å². The lowest BCUT2D eigenvalue weighted by molar-refractivity contribution is 0.0814. The minimum atomic E-state index is -0.852. The van der Waals surface area contributed by atoms with E-state index in [0.717, 1.165) is 12.0 Å². The summed E-state index contributed by atoms with van der Waals surface area (Å²) in [4.78, 5) is 93.5. The molecule has 31 nitrogen and oxygen atoms in total. The molecular formula is C98H111Cl4F4N21O10. The number of nitrogens with zero attached hydrogens (tertiary/aromatic N) is 14. The number of ether oxygens (including phenoxy) is 6. The van der Waals surface area contributed by atoms with Gasteiger partial charge in [0.05, 0.1) is 99.3 Å². The van der Waals surface area contributed by atoms with E-state index in [0.29, 0.717) is 145 Å². The van der Waals surface area contributed by atoms with Gasteiger partial charge in [-0.1, -0.05) is 92.3 Å². The first-order chi connectivity index (χ1) is 64.9. The Labute approximate surface area is 810 Å². The van der Waals surface area contributed by atoms with Crippen molar-refractivity contribution in [2.24, 2.45) is 5.92 Å². The zero-order chi connectivity index (χ0) is 99.9. The minimum Gasteiger partial charge on any atom is -0.497 e. The number of halogens is 8. The predicted octanol–water partition coefficient (Wildman–Crippen LogP) is 18.7. The van der Waals surface area contributed by atoms with Gasteiger partial charge in [0.25, 0.3) is 23.6 Å². The molecule has 6 atom stereocenters. The second-order valence-corrected chi connectivity index (χ2v) is 36.0. The zero-order valence-corrected chi connectivity index (χ0v) is 82.6. The Bertz CT molecular complexity index is 6830. The highest BCUT2D eigenvalue weighted by Gasteiger charge is 2.37. The zero-order valence-electron chi connectivity index (χ0n) is 79.5. The number of carbonyl (C=O) groups is 4. The first-order valence-corrected chi connectivity index (χ1v) is 45.8. The van der Waals surface area contributed by atoms with Gasteiger partial charge < -0.3 is 72.2 Å². The van der Waals surface area contributed by atoms with Crippen LogP contribution < -0.4 is 62.6 Å². The standard InChI is InChI=1S/C28H31ClFN5O3.C25H26ClFN6O2.C24H29ClFN5O3.C21H25ClFN5O2/c1-14(2)38-25-20(15(3)27-33-17(5)24-26(31)32-11-12-35(24)27)13-21(29)23(30)22(25)28(36)34-16(4)18-7-9-19(37-6)10-8-18;1-13(2)35-22-17(14(3)24-32-15(4)21-23(28)30-9-10-33(21)24)11-18(26)20(27)19(22)25(34)31-12-16-7-5-6-8-29-16;1-12(2)34-21-16(13(3)23-30-14(4)20-22(27)28-6-7-31(20)23)9-17(25)19(26)18(21)24(32)29-10-15-5-8-33-11-15;1-10(2)30-18-13(9-14(22)16(23)15(18)21(29)27(5)6)11(3)20-26-12(4)17-19(24)25-7-8-28(17)20/h7-16H,1-6H3,(H2,31,32)(H,34,36);5-11,13-14H,12H2,1-4H3,(H2,28,30)(H,31,34);6-7,9,12-13,15H,5,8,10-11H2,1-4H3,(H2,27,28)(H,29,32);7-11H,1-6H3,(H2,24,25)/t;14-;;/m.0../s1. The molecule has 0 radical (unpaired) electrons. The highest BCUT2D eigenvalue weighted by molar-refractivity contribution is 6.32. The number of aryl methyl sites for hydroxylation is 4. The van der Waals surface area contributed by atoms with Crippen LogP contribution in [-0.4, -0.2) is 156 Å². The molecule has 137 heavy (non-hydrogen) atoms. The van der Waals surface area contributed by atoms with E-state index in [1.54, 1.807) is 121 Å². The van der Waals surface area contributed by atoms with Crippen molar-refractivity contribution >= 4 is 115 Å². The lowest BCUT2D eigenvalue weighted by Gasteiger charge is -2.23. The number of amides is 4. The van der Waals surface area contributed by atoms with E-state index in [2.05, 4.69) is 45.9 Å². The van der Waals surface area contributed by atoms with Crippen LogP contribution in [0.2, 0.25) is 20.1 Å². The van der Waals surface area contributed by atoms with Crippen LogP contribution in [-0.2, 0) is 11.3 Å². The van der Waals surface area contributed by atoms with Gasteiger partial charge >= 0.3 is 0 Å². The minimum absolute atomic E-state index is 0.115. The topological polar surface area (TPSA) is 401 Å². The number of nitrogens with one attached hydrogen (secondary N) is 3. The Balaban J connectivity index is 0.000000165. The number of methoxy groups -OCH3 is 1. The smallest absolute Gasteiger partial charge is 0.260 e. The van der Waals surface area contributed by atoms with Crippen LogP contribution in [0.4, 0.5) is 40.8 Å². The van der Waals surface area contributed by atoms with Crippen molar-refractivity contribution in [3.8, 4) is 28.7 Å². The molecule has 14 aromatic rings. The lowest BCUT2D eigenvalue weighted by Crippen LogP contribution is -2.31. The van der Waals surface area contributed by atoms with Crippen molar-refractivity contribution in [2.75, 3.05) is 63.9 Å². The number of fused-ring (bicyclic) bond motifs is 4. The van der Waals surface area contributed by atoms with Gasteiger partial charge in [-0.2, -0.15) is 0 Å². The summed E-state index contributed by atoms with van der Waals surface area (Å²) in [7, 11) is 4.68. The second kappa shape index (κ2) is 43.8. The maximum atomic E-state index is 15.5. The predicted molar refractivity (Wildman–Crippen MR) is 521 cm³/mol. The molecule has 0 saturated carbocycles. The molecule has 0 aliphatic carbocycles. The maximum Gasteiger partial charge on any atom is 0.260 e. The highest BCUT2D eigenvalue weighted by atomic mass is 35.5. The van der Waals surface area contributed by atoms with Crippen LogP contribution in [0.5, 0.6) is 28.7 Å². The molecule has 15 rings (SSSR count). The fourth-order valence-corrected chi connectivity index (χ4v) is 17.1. The Kier molecular flexibility index (Phi) is 32.8. The number of nitrogens with two attached hydrogens (primary N) is 4. The number of hydrogen-bond donors (Lipinski definition) is 7. The van der Waals surface area contributed by atoms with Gasteiger partial charge in [0, 0.05) is 135 Å². The molecule has 1 fully saturated rings. The Morgan fingerprint density at radius 1 is 0.460 bits per heavy atom. The summed E-state index contributed by atoms with van der Waals surface area (Å²) in [6.07, 6.45) is 14.6. The molecule has 39 heteroatoms. The number of nitrogen functional groups attached to an aromatic ring is 4. The van der Waals surface area contributed by atoms with E-state index >= 15 is 13.2 Å². The van der Waals surface area contributed by atoms with Crippen LogP contribution in [0, 0.1) is 56.9 Å². The third-order valence-corrected chi connectivity index (χ3v) is 23.9. The number of hydrogen-bond acceptors (Lipinski definition) is 23. The van der Waals surface area contributed by atoms with Crippen LogP contribution in [0.1, 0.15) is 247 Å². The largest absolute Gasteiger partial charge is 0.497 e. The van der Waals surface area contributed by atoms with Crippen molar-refractivity contribution in [1.29, 1.82) is 0 Å². The van der Waals surface area contributed by atoms with E-state index in [1.165, 1.54) is 29.2 Å². The number of rotatable bonds is 27. The summed E-state index contributed by atoms with van der Waals surface area (Å²) in [5.74, 6) is -1.97. The fraction of sp³-hybridized carbons (Fsp3) is 0.357. The molecule has 0 spiro atoms. The van der Waals surface area contributed by atoms with Crippen LogP contribution in [0.3, 0.4) is 0 Å². The molecule has 1 saturated heterocycles. The monoisotopic (exact) mass is 1960 g/mol. The van der Waals surface area contributed by atoms with Crippen LogP contribution >= 0.6 is 46.4 Å². The van der Waals surface area contributed by atoms with Crippen molar-refractivity contribution in [2.45, 2.75) is 185 Å². The molecule has 724 valence electrons. The first kappa shape index (κ1) is 103. The van der Waals surface area contributed by atoms with Crippen molar-refractivity contribution < 1.29 is 65.2 Å². The number of anilines is 4. The Hall–Kier alpha value is -13.4. The lowest BCUT2D eigenvalue weighted by atomic mass is 9.95. The third-order valence-electron chi connectivity index (χ3n) is 22.8. The van der Waals surface area contributed by atoms with Gasteiger partial charge in [-0.15, -0.1) is 0 Å². The van der Waals surface area contributed by atoms with E-state index in [9.17, 15) is 23.6 Å². The molecule has 9 aromatic heterocycles. The average Bonchev–Trinajstić information content (AvgIpc) is 1.67. The molecule has 11 N–H and O–H groups in total. The summed E-state index contributed by atoms with van der Waals surface area (Å²) in [5.41, 5.74) is 32.5. The number of carbonyl (C=O) groups excluding carboxylic acids is 4. The van der Waals surface area contributed by atoms with Crippen LogP contribution in [0.15, 0.2) is 123 Å². The summed E-state index contributed by atoms with van der Waals surface area (Å²) >= 11 is 25.1. The summed E-state index contributed by atoms with van der Waals surface area (Å²) < 4.78 is 103. The molecular weight excluding hydrogens is 1850 g/mol. The molecule has 5 aromatic carbocycles. The number of pyridine rings is 1. The van der Waals surface area contributed by atoms with E-state index in [1.807, 2.05) is 134 Å². The Morgan fingerprint density at radius 2 is 0.788 bits per heavy atom. The van der Waals surface area contributed by atoms with Gasteiger partial charge in [0.1, 0.15) is 120 Å². The first-order valence-electron chi connectivity index (χ1n) is 44.3. The molecule has 10 heterocycles. The number of imidazole rings is 4. The fourth-order valence-electron chi connectivity index (χ4n) is 16.2. The van der Waals surface area contributed by atoms with E-state index < -0.39 is 70.7 Å². The third kappa shape index (κ3) is 22.2. The number of aromatic nitrogens is 13. The molecule has 5 unspecified atom stereocenters. The van der Waals surface area contributed by atoms with Gasteiger partial charge in [0.2, 0.25) is 0 Å². The van der Waals surface area contributed by atoms with Gasteiger partial charge in [0.15, 0.2) is 23.3 Å². The van der Waals surface area contributed by atoms with Gasteiger partial charge in [-0.3, -0.25) is 41.8 Å². The normalized spacial score (nSPS) is 13.6. The number of benzene rings is 5. The van der Waals surface area contributed by atoms with Crippen LogP contribution in [0.25, 0.3) is 22.1 Å². The summed E-state index contributed by atoms with van der Waals surface area (Å²) in [5, 5.41) is 7.72. The quantitative estimate of drug-likeness (QED) is 0.0235. The average molecular weight is 1960 g/mol. The second-order valence-electron chi connectivity index (χ2n) is 34.4. The van der Waals surface area contributed by atoms with Gasteiger partial charge in [-0.05, 0) is 151 Å². The molecule has 1 aliphatic rings. The summed E-state index contributed by atoms with van der Waals surface area (Å²) in [6.45, 7) is 33.0. The van der Waals surface area contributed by atoms with E-state index in [4.69, 9.17) is 113 Å². The van der Waals surface area contributed by atoms with E-state index in [-0.39, 0.29) is 108 Å². The van der Waals surface area contributed by atoms with Crippen molar-refractivity contribution in [3.63, 3.8) is 0 Å². The highest BCUT2D eigenvalue weighted by Crippen LogP contribution is 2.46. The molecule has 0 bridgehead atoms. The Morgan fingerprint density at radius 3 is 1.09 bits per heavy atom. The SMILES string of the molecule is COc1ccc(C(C)NC(=O)c2c(F)c(Cl)cc(C(C)c3nc(C)c4c(N)nccn34)c2OC(C)C)cc1.Cc1nc(C(C)c2cc(Cl)c(F)c(C(=O)N(C)C)c2OC(C)C)n2ccnc(N)c12.Cc1nc(C(C)c2cc(Cl)c(F)c(C(=O)NCC3CCOC3)c2OC(C)C)n2ccnc(N)c12.Cc1nc([C@@H](C)c2cc(Cl)c(F)c(C(=O)NCc3ccccn3)c2OC(C)C)n2ccnc(N)c12. The molecule has 4 amide bonds. The van der Waals surface area contributed by atoms with Gasteiger partial charge in [-0.25, -0.2) is 57.4 Å². The maximum absolute atomic E-state index is 15.5. The molecule has 1 aliphatic heterocycles. The van der Waals surface area contributed by atoms with Crippen molar-refractivity contribution in [3.05, 3.63) is 268 Å².